The largest absolute Gasteiger partial charge is 0.462 e. The molecule has 3 rings (SSSR count). The minimum absolute atomic E-state index is 0.250. The van der Waals surface area contributed by atoms with Crippen molar-refractivity contribution in [2.45, 2.75) is 11.3 Å². The Hall–Kier alpha value is -1.92. The molecule has 6 heteroatoms. The van der Waals surface area contributed by atoms with E-state index < -0.39 is 9.84 Å². The van der Waals surface area contributed by atoms with Crippen molar-refractivity contribution in [3.63, 3.8) is 0 Å². The second kappa shape index (κ2) is 6.53. The highest BCUT2D eigenvalue weighted by molar-refractivity contribution is 9.10. The van der Waals surface area contributed by atoms with Crippen LogP contribution in [0.2, 0.25) is 0 Å². The van der Waals surface area contributed by atoms with Crippen LogP contribution in [0.4, 0.5) is 0 Å². The van der Waals surface area contributed by atoms with E-state index in [2.05, 4.69) is 15.9 Å². The van der Waals surface area contributed by atoms with Gasteiger partial charge in [-0.25, -0.2) is 13.2 Å². The molecule has 1 saturated heterocycles. The van der Waals surface area contributed by atoms with Crippen LogP contribution in [-0.4, -0.2) is 27.2 Å². The molecule has 0 aromatic heterocycles. The predicted octanol–water partition coefficient (Wildman–Crippen LogP) is 3.60. The van der Waals surface area contributed by atoms with Gasteiger partial charge in [0.15, 0.2) is 9.84 Å². The van der Waals surface area contributed by atoms with Gasteiger partial charge in [0.05, 0.1) is 11.5 Å². The molecule has 24 heavy (non-hydrogen) atoms. The summed E-state index contributed by atoms with van der Waals surface area (Å²) in [5.41, 5.74) is 3.08. The minimum atomic E-state index is -3.26. The van der Waals surface area contributed by atoms with Gasteiger partial charge in [0.25, 0.3) is 0 Å². The Morgan fingerprint density at radius 3 is 2.00 bits per heavy atom. The Morgan fingerprint density at radius 1 is 1.00 bits per heavy atom. The van der Waals surface area contributed by atoms with Crippen molar-refractivity contribution in [1.82, 2.24) is 0 Å². The van der Waals surface area contributed by atoms with E-state index in [-0.39, 0.29) is 10.9 Å². The van der Waals surface area contributed by atoms with Gasteiger partial charge in [0.1, 0.15) is 0 Å². The number of sulfone groups is 1. The van der Waals surface area contributed by atoms with Gasteiger partial charge >= 0.3 is 5.97 Å². The number of rotatable bonds is 3. The molecular weight excluding hydrogens is 392 g/mol. The van der Waals surface area contributed by atoms with Gasteiger partial charge in [-0.2, -0.15) is 0 Å². The molecule has 1 fully saturated rings. The number of halogens is 1. The first kappa shape index (κ1) is 16.9. The molecule has 0 unspecified atom stereocenters. The first-order valence-electron chi connectivity index (χ1n) is 7.33. The average Bonchev–Trinajstić information content (AvgIpc) is 2.95. The maximum atomic E-state index is 12.1. The Morgan fingerprint density at radius 2 is 1.54 bits per heavy atom. The standard InChI is InChI=1S/C18H15BrO4S/c1-24(21,22)15-8-4-13(5-9-15)17(16-10-11-23-18(16)20)12-2-6-14(19)7-3-12/h2-9H,10-11H2,1H3. The SMILES string of the molecule is CS(=O)(=O)c1ccc(C(=C2CCOC2=O)c2ccc(Br)cc2)cc1. The van der Waals surface area contributed by atoms with E-state index >= 15 is 0 Å². The fraction of sp³-hybridized carbons (Fsp3) is 0.167. The van der Waals surface area contributed by atoms with E-state index in [9.17, 15) is 13.2 Å². The fourth-order valence-corrected chi connectivity index (χ4v) is 3.56. The minimum Gasteiger partial charge on any atom is -0.462 e. The maximum Gasteiger partial charge on any atom is 0.334 e. The topological polar surface area (TPSA) is 60.4 Å². The van der Waals surface area contributed by atoms with Crippen molar-refractivity contribution >= 4 is 37.3 Å². The zero-order valence-electron chi connectivity index (χ0n) is 13.0. The van der Waals surface area contributed by atoms with Crippen LogP contribution in [0.15, 0.2) is 63.5 Å². The number of esters is 1. The summed E-state index contributed by atoms with van der Waals surface area (Å²) in [5, 5.41) is 0. The Kier molecular flexibility index (Phi) is 4.60. The fourth-order valence-electron chi connectivity index (χ4n) is 2.66. The zero-order chi connectivity index (χ0) is 17.3. The van der Waals surface area contributed by atoms with E-state index in [0.717, 1.165) is 21.2 Å². The van der Waals surface area contributed by atoms with Crippen molar-refractivity contribution in [2.24, 2.45) is 0 Å². The summed E-state index contributed by atoms with van der Waals surface area (Å²) in [5.74, 6) is -0.319. The molecule has 1 aliphatic heterocycles. The van der Waals surface area contributed by atoms with Gasteiger partial charge in [-0.3, -0.25) is 0 Å². The van der Waals surface area contributed by atoms with Crippen molar-refractivity contribution in [3.8, 4) is 0 Å². The van der Waals surface area contributed by atoms with Crippen LogP contribution in [0.1, 0.15) is 17.5 Å². The van der Waals surface area contributed by atoms with Gasteiger partial charge < -0.3 is 4.74 Å². The van der Waals surface area contributed by atoms with Crippen molar-refractivity contribution in [1.29, 1.82) is 0 Å². The van der Waals surface area contributed by atoms with Gasteiger partial charge in [-0.1, -0.05) is 40.2 Å². The quantitative estimate of drug-likeness (QED) is 0.576. The summed E-state index contributed by atoms with van der Waals surface area (Å²) in [6, 6.07) is 14.2. The smallest absolute Gasteiger partial charge is 0.334 e. The first-order chi connectivity index (χ1) is 11.4. The lowest BCUT2D eigenvalue weighted by atomic mass is 9.92. The number of ether oxygens (including phenoxy) is 1. The highest BCUT2D eigenvalue weighted by atomic mass is 79.9. The average molecular weight is 407 g/mol. The number of cyclic esters (lactones) is 1. The van der Waals surface area contributed by atoms with Crippen LogP contribution < -0.4 is 0 Å². The third kappa shape index (κ3) is 3.44. The highest BCUT2D eigenvalue weighted by Crippen LogP contribution is 2.32. The lowest BCUT2D eigenvalue weighted by Crippen LogP contribution is -2.02. The van der Waals surface area contributed by atoms with Crippen molar-refractivity contribution in [3.05, 3.63) is 69.7 Å². The molecule has 0 N–H and O–H groups in total. The van der Waals surface area contributed by atoms with Gasteiger partial charge in [0.2, 0.25) is 0 Å². The Labute approximate surface area is 149 Å². The lowest BCUT2D eigenvalue weighted by Gasteiger charge is -2.12. The Bertz CT molecular complexity index is 910. The molecule has 4 nitrogen and oxygen atoms in total. The van der Waals surface area contributed by atoms with Crippen LogP contribution in [0.25, 0.3) is 5.57 Å². The molecule has 0 atom stereocenters. The van der Waals surface area contributed by atoms with E-state index in [4.69, 9.17) is 4.74 Å². The zero-order valence-corrected chi connectivity index (χ0v) is 15.4. The molecule has 0 aliphatic carbocycles. The maximum absolute atomic E-state index is 12.1. The van der Waals surface area contributed by atoms with Crippen molar-refractivity contribution < 1.29 is 17.9 Å². The van der Waals surface area contributed by atoms with Crippen LogP contribution in [0, 0.1) is 0 Å². The number of hydrogen-bond acceptors (Lipinski definition) is 4. The summed E-state index contributed by atoms with van der Waals surface area (Å²) in [7, 11) is -3.26. The molecule has 0 saturated carbocycles. The second-order valence-electron chi connectivity index (χ2n) is 5.54. The van der Waals surface area contributed by atoms with Crippen LogP contribution in [-0.2, 0) is 19.4 Å². The normalized spacial score (nSPS) is 16.8. The molecule has 2 aromatic rings. The molecule has 0 radical (unpaired) electrons. The van der Waals surface area contributed by atoms with Gasteiger partial charge in [-0.15, -0.1) is 0 Å². The number of carbonyl (C=O) groups is 1. The molecular formula is C18H15BrO4S. The summed E-state index contributed by atoms with van der Waals surface area (Å²) in [4.78, 5) is 12.3. The monoisotopic (exact) mass is 406 g/mol. The number of hydrogen-bond donors (Lipinski definition) is 0. The van der Waals surface area contributed by atoms with Crippen LogP contribution in [0.5, 0.6) is 0 Å². The predicted molar refractivity (Wildman–Crippen MR) is 95.3 cm³/mol. The second-order valence-corrected chi connectivity index (χ2v) is 8.47. The summed E-state index contributed by atoms with van der Waals surface area (Å²) in [6.45, 7) is 0.371. The third-order valence-corrected chi connectivity index (χ3v) is 5.49. The molecule has 0 amide bonds. The van der Waals surface area contributed by atoms with Gasteiger partial charge in [0, 0.05) is 22.7 Å². The highest BCUT2D eigenvalue weighted by Gasteiger charge is 2.25. The molecule has 0 spiro atoms. The molecule has 1 heterocycles. The van der Waals surface area contributed by atoms with Gasteiger partial charge in [-0.05, 0) is 41.0 Å². The van der Waals surface area contributed by atoms with E-state index in [1.807, 2.05) is 24.3 Å². The molecule has 124 valence electrons. The number of benzene rings is 2. The van der Waals surface area contributed by atoms with Crippen LogP contribution in [0.3, 0.4) is 0 Å². The third-order valence-electron chi connectivity index (χ3n) is 3.84. The molecule has 2 aromatic carbocycles. The number of carbonyl (C=O) groups excluding carboxylic acids is 1. The summed E-state index contributed by atoms with van der Waals surface area (Å²) >= 11 is 3.40. The van der Waals surface area contributed by atoms with E-state index in [0.29, 0.717) is 18.6 Å². The van der Waals surface area contributed by atoms with E-state index in [1.54, 1.807) is 24.3 Å². The molecule has 1 aliphatic rings. The van der Waals surface area contributed by atoms with E-state index in [1.165, 1.54) is 6.26 Å². The first-order valence-corrected chi connectivity index (χ1v) is 10.0. The summed E-state index contributed by atoms with van der Waals surface area (Å²) < 4.78 is 29.3. The van der Waals surface area contributed by atoms with Crippen molar-refractivity contribution in [2.75, 3.05) is 12.9 Å². The van der Waals surface area contributed by atoms with Crippen LogP contribution >= 0.6 is 15.9 Å². The lowest BCUT2D eigenvalue weighted by molar-refractivity contribution is -0.135. The Balaban J connectivity index is 2.16. The molecule has 0 bridgehead atoms. The summed E-state index contributed by atoms with van der Waals surface area (Å²) in [6.07, 6.45) is 1.71.